The normalized spacial score (nSPS) is 9.77. The highest BCUT2D eigenvalue weighted by atomic mass is 16.6. The number of hydrogen-bond acceptors (Lipinski definition) is 7. The van der Waals surface area contributed by atoms with Crippen LogP contribution in [0.25, 0.3) is 0 Å². The molecule has 1 aromatic carbocycles. The van der Waals surface area contributed by atoms with Crippen molar-refractivity contribution >= 4 is 17.9 Å². The van der Waals surface area contributed by atoms with Crippen LogP contribution < -0.4 is 4.74 Å². The molecule has 0 heterocycles. The molecule has 7 nitrogen and oxygen atoms in total. The second-order valence-corrected chi connectivity index (χ2v) is 5.34. The fourth-order valence-electron chi connectivity index (χ4n) is 1.58. The summed E-state index contributed by atoms with van der Waals surface area (Å²) in [5, 5.41) is 0. The Morgan fingerprint density at radius 3 is 1.73 bits per heavy atom. The Bertz CT molecular complexity index is 674. The van der Waals surface area contributed by atoms with Gasteiger partial charge in [0.2, 0.25) is 0 Å². The lowest BCUT2D eigenvalue weighted by molar-refractivity contribution is -0.140. The smallest absolute Gasteiger partial charge is 0.338 e. The van der Waals surface area contributed by atoms with E-state index >= 15 is 0 Å². The maximum atomic E-state index is 11.8. The summed E-state index contributed by atoms with van der Waals surface area (Å²) >= 11 is 0. The van der Waals surface area contributed by atoms with Crippen LogP contribution in [0.15, 0.2) is 48.6 Å². The molecule has 1 rings (SSSR count). The maximum Gasteiger partial charge on any atom is 0.338 e. The highest BCUT2D eigenvalue weighted by Crippen LogP contribution is 2.13. The van der Waals surface area contributed by atoms with E-state index in [0.717, 1.165) is 0 Å². The van der Waals surface area contributed by atoms with Gasteiger partial charge in [-0.3, -0.25) is 0 Å². The first-order valence-electron chi connectivity index (χ1n) is 7.86. The molecule has 140 valence electrons. The van der Waals surface area contributed by atoms with Gasteiger partial charge in [-0.2, -0.15) is 0 Å². The molecule has 0 fully saturated rings. The number of rotatable bonds is 10. The summed E-state index contributed by atoms with van der Waals surface area (Å²) in [5.74, 6) is -1.03. The van der Waals surface area contributed by atoms with E-state index in [2.05, 4.69) is 13.2 Å². The minimum Gasteiger partial charge on any atom is -0.490 e. The van der Waals surface area contributed by atoms with E-state index in [9.17, 15) is 14.4 Å². The zero-order valence-electron chi connectivity index (χ0n) is 14.9. The first kappa shape index (κ1) is 21.0. The lowest BCUT2D eigenvalue weighted by atomic mass is 10.2. The minimum absolute atomic E-state index is 0.0401. The highest BCUT2D eigenvalue weighted by Gasteiger charge is 2.09. The molecule has 0 N–H and O–H groups in total. The third-order valence-corrected chi connectivity index (χ3v) is 2.92. The molecule has 0 saturated carbocycles. The van der Waals surface area contributed by atoms with E-state index in [1.54, 1.807) is 19.1 Å². The third-order valence-electron chi connectivity index (χ3n) is 2.92. The van der Waals surface area contributed by atoms with Crippen LogP contribution in [-0.2, 0) is 23.8 Å². The largest absolute Gasteiger partial charge is 0.490 e. The van der Waals surface area contributed by atoms with Gasteiger partial charge in [0.05, 0.1) is 5.56 Å². The number of carbonyl (C=O) groups excluding carboxylic acids is 3. The van der Waals surface area contributed by atoms with Gasteiger partial charge in [0, 0.05) is 11.1 Å². The van der Waals surface area contributed by atoms with Crippen LogP contribution in [0, 0.1) is 0 Å². The molecular weight excluding hydrogens is 340 g/mol. The number of ether oxygens (including phenoxy) is 4. The van der Waals surface area contributed by atoms with Crippen molar-refractivity contribution in [3.63, 3.8) is 0 Å². The summed E-state index contributed by atoms with van der Waals surface area (Å²) in [4.78, 5) is 34.2. The molecule has 0 unspecified atom stereocenters. The zero-order chi connectivity index (χ0) is 19.5. The van der Waals surface area contributed by atoms with Crippen molar-refractivity contribution in [1.29, 1.82) is 0 Å². The molecule has 0 spiro atoms. The van der Waals surface area contributed by atoms with Gasteiger partial charge in [0.1, 0.15) is 32.2 Å². The van der Waals surface area contributed by atoms with Gasteiger partial charge in [0.15, 0.2) is 0 Å². The van der Waals surface area contributed by atoms with E-state index in [4.69, 9.17) is 18.9 Å². The third kappa shape index (κ3) is 7.65. The van der Waals surface area contributed by atoms with Crippen LogP contribution in [0.5, 0.6) is 5.75 Å². The molecule has 0 saturated heterocycles. The number of esters is 3. The van der Waals surface area contributed by atoms with Crippen LogP contribution in [0.4, 0.5) is 0 Å². The molecule has 0 bridgehead atoms. The van der Waals surface area contributed by atoms with E-state index in [-0.39, 0.29) is 32.0 Å². The molecule has 1 aromatic rings. The molecule has 26 heavy (non-hydrogen) atoms. The summed E-state index contributed by atoms with van der Waals surface area (Å²) < 4.78 is 20.1. The van der Waals surface area contributed by atoms with Gasteiger partial charge < -0.3 is 18.9 Å². The first-order valence-corrected chi connectivity index (χ1v) is 7.86. The molecule has 0 atom stereocenters. The van der Waals surface area contributed by atoms with Crippen molar-refractivity contribution in [2.24, 2.45) is 0 Å². The average Bonchev–Trinajstić information content (AvgIpc) is 2.62. The van der Waals surface area contributed by atoms with Crippen LogP contribution in [0.2, 0.25) is 0 Å². The summed E-state index contributed by atoms with van der Waals surface area (Å²) in [6.45, 7) is 10.2. The van der Waals surface area contributed by atoms with Crippen molar-refractivity contribution in [3.05, 3.63) is 54.1 Å². The topological polar surface area (TPSA) is 88.1 Å². The predicted octanol–water partition coefficient (Wildman–Crippen LogP) is 2.46. The van der Waals surface area contributed by atoms with Crippen LogP contribution >= 0.6 is 0 Å². The van der Waals surface area contributed by atoms with Crippen LogP contribution in [-0.4, -0.2) is 44.3 Å². The molecular formula is C19H22O7. The van der Waals surface area contributed by atoms with Gasteiger partial charge in [-0.1, -0.05) is 13.2 Å². The molecule has 0 radical (unpaired) electrons. The summed E-state index contributed by atoms with van der Waals surface area (Å²) in [5.41, 5.74) is 0.931. The highest BCUT2D eigenvalue weighted by molar-refractivity contribution is 5.89. The Hall–Kier alpha value is -3.09. The zero-order valence-corrected chi connectivity index (χ0v) is 14.9. The second-order valence-electron chi connectivity index (χ2n) is 5.34. The molecule has 0 aliphatic rings. The molecule has 0 aliphatic carbocycles. The lowest BCUT2D eigenvalue weighted by Crippen LogP contribution is -2.14. The SMILES string of the molecule is C=C(C)C(=O)OCCOC(=O)c1ccc(OCCOC(=O)C(=C)C)cc1. The monoisotopic (exact) mass is 362 g/mol. The quantitative estimate of drug-likeness (QED) is 0.273. The van der Waals surface area contributed by atoms with Gasteiger partial charge in [-0.25, -0.2) is 14.4 Å². The Balaban J connectivity index is 2.31. The van der Waals surface area contributed by atoms with Gasteiger partial charge in [-0.05, 0) is 38.1 Å². The number of carbonyl (C=O) groups is 3. The van der Waals surface area contributed by atoms with E-state index in [1.807, 2.05) is 0 Å². The molecule has 0 amide bonds. The van der Waals surface area contributed by atoms with Crippen molar-refractivity contribution < 1.29 is 33.3 Å². The van der Waals surface area contributed by atoms with E-state index < -0.39 is 17.9 Å². The Kier molecular flexibility index (Phi) is 8.63. The Labute approximate surface area is 152 Å². The standard InChI is InChI=1S/C19H22O7/c1-13(2)17(20)24-10-9-23-16-7-5-15(6-8-16)19(22)26-12-11-25-18(21)14(3)4/h5-8H,1,3,9-12H2,2,4H3. The molecule has 0 aromatic heterocycles. The Morgan fingerprint density at radius 2 is 1.23 bits per heavy atom. The van der Waals surface area contributed by atoms with Crippen molar-refractivity contribution in [1.82, 2.24) is 0 Å². The van der Waals surface area contributed by atoms with Crippen LogP contribution in [0.1, 0.15) is 24.2 Å². The van der Waals surface area contributed by atoms with Crippen molar-refractivity contribution in [2.75, 3.05) is 26.4 Å². The molecule has 0 aliphatic heterocycles. The minimum atomic E-state index is -0.543. The summed E-state index contributed by atoms with van der Waals surface area (Å²) in [6.07, 6.45) is 0. The predicted molar refractivity (Wildman–Crippen MR) is 93.8 cm³/mol. The van der Waals surface area contributed by atoms with E-state index in [1.165, 1.54) is 19.1 Å². The van der Waals surface area contributed by atoms with Gasteiger partial charge in [0.25, 0.3) is 0 Å². The van der Waals surface area contributed by atoms with Crippen molar-refractivity contribution in [3.8, 4) is 5.75 Å². The van der Waals surface area contributed by atoms with Gasteiger partial charge >= 0.3 is 17.9 Å². The fraction of sp³-hybridized carbons (Fsp3) is 0.316. The average molecular weight is 362 g/mol. The summed E-state index contributed by atoms with van der Waals surface area (Å²) in [7, 11) is 0. The maximum absolute atomic E-state index is 11.8. The number of benzene rings is 1. The second kappa shape index (κ2) is 10.7. The fourth-order valence-corrected chi connectivity index (χ4v) is 1.58. The number of hydrogen-bond donors (Lipinski definition) is 0. The summed E-state index contributed by atoms with van der Waals surface area (Å²) in [6, 6.07) is 6.27. The molecule has 7 heteroatoms. The lowest BCUT2D eigenvalue weighted by Gasteiger charge is -2.08. The van der Waals surface area contributed by atoms with Crippen molar-refractivity contribution in [2.45, 2.75) is 13.8 Å². The van der Waals surface area contributed by atoms with E-state index in [0.29, 0.717) is 16.9 Å². The first-order chi connectivity index (χ1) is 12.3. The Morgan fingerprint density at radius 1 is 0.769 bits per heavy atom. The van der Waals surface area contributed by atoms with Gasteiger partial charge in [-0.15, -0.1) is 0 Å². The van der Waals surface area contributed by atoms with Crippen LogP contribution in [0.3, 0.4) is 0 Å².